The molecular formula is C12H14ClN3O3S. The van der Waals surface area contributed by atoms with Gasteiger partial charge in [0.1, 0.15) is 5.69 Å². The Labute approximate surface area is 125 Å². The van der Waals surface area contributed by atoms with Crippen LogP contribution in [-0.4, -0.2) is 34.9 Å². The lowest BCUT2D eigenvalue weighted by atomic mass is 10.2. The number of nitro groups is 1. The standard InChI is InChI=1S/C12H14ClN3O3S/c13-8-1-2-11(16(18)19)10(5-8)15-12(17)6-9-7-20-4-3-14-9/h1-2,5,9,14H,3-4,6-7H2,(H,15,17). The van der Waals surface area contributed by atoms with E-state index >= 15 is 0 Å². The molecule has 1 heterocycles. The first-order valence-corrected chi connectivity index (χ1v) is 7.64. The summed E-state index contributed by atoms with van der Waals surface area (Å²) in [5.41, 5.74) is -0.0234. The molecule has 0 aliphatic carbocycles. The quantitative estimate of drug-likeness (QED) is 0.658. The Kier molecular flexibility index (Phi) is 5.22. The fourth-order valence-electron chi connectivity index (χ4n) is 1.94. The highest BCUT2D eigenvalue weighted by Gasteiger charge is 2.20. The normalized spacial score (nSPS) is 18.6. The van der Waals surface area contributed by atoms with Crippen LogP contribution in [0.5, 0.6) is 0 Å². The largest absolute Gasteiger partial charge is 0.320 e. The number of carbonyl (C=O) groups is 1. The Bertz CT molecular complexity index is 521. The van der Waals surface area contributed by atoms with Crippen molar-refractivity contribution in [2.75, 3.05) is 23.4 Å². The van der Waals surface area contributed by atoms with Crippen LogP contribution in [0, 0.1) is 10.1 Å². The summed E-state index contributed by atoms with van der Waals surface area (Å²) in [7, 11) is 0. The molecule has 1 fully saturated rings. The number of thioether (sulfide) groups is 1. The summed E-state index contributed by atoms with van der Waals surface area (Å²) in [6.45, 7) is 0.875. The maximum absolute atomic E-state index is 11.9. The number of nitrogens with one attached hydrogen (secondary N) is 2. The van der Waals surface area contributed by atoms with Crippen molar-refractivity contribution in [2.45, 2.75) is 12.5 Å². The van der Waals surface area contributed by atoms with Crippen LogP contribution in [-0.2, 0) is 4.79 Å². The van der Waals surface area contributed by atoms with Crippen molar-refractivity contribution in [3.05, 3.63) is 33.3 Å². The van der Waals surface area contributed by atoms with Gasteiger partial charge >= 0.3 is 0 Å². The summed E-state index contributed by atoms with van der Waals surface area (Å²) in [6.07, 6.45) is 0.288. The number of nitrogens with zero attached hydrogens (tertiary/aromatic N) is 1. The molecule has 1 saturated heterocycles. The average molecular weight is 316 g/mol. The molecule has 1 aromatic rings. The van der Waals surface area contributed by atoms with Gasteiger partial charge < -0.3 is 10.6 Å². The number of nitro benzene ring substituents is 1. The third kappa shape index (κ3) is 4.09. The predicted molar refractivity (Wildman–Crippen MR) is 80.5 cm³/mol. The Morgan fingerprint density at radius 1 is 1.60 bits per heavy atom. The first-order chi connectivity index (χ1) is 9.56. The SMILES string of the molecule is O=C(CC1CSCCN1)Nc1cc(Cl)ccc1[N+](=O)[O-]. The van der Waals surface area contributed by atoms with Gasteiger partial charge in [-0.15, -0.1) is 0 Å². The Morgan fingerprint density at radius 2 is 2.40 bits per heavy atom. The van der Waals surface area contributed by atoms with E-state index in [0.717, 1.165) is 18.1 Å². The molecule has 1 atom stereocenters. The molecule has 0 saturated carbocycles. The molecule has 108 valence electrons. The highest BCUT2D eigenvalue weighted by Crippen LogP contribution is 2.27. The Balaban J connectivity index is 2.03. The molecule has 1 aliphatic rings. The van der Waals surface area contributed by atoms with E-state index in [9.17, 15) is 14.9 Å². The molecule has 2 N–H and O–H groups in total. The molecule has 1 unspecified atom stereocenters. The van der Waals surface area contributed by atoms with Crippen LogP contribution in [0.15, 0.2) is 18.2 Å². The first kappa shape index (κ1) is 15.1. The zero-order valence-corrected chi connectivity index (χ0v) is 12.2. The Morgan fingerprint density at radius 3 is 3.05 bits per heavy atom. The molecule has 20 heavy (non-hydrogen) atoms. The zero-order valence-electron chi connectivity index (χ0n) is 10.6. The Hall–Kier alpha value is -1.31. The van der Waals surface area contributed by atoms with Gasteiger partial charge in [0.2, 0.25) is 5.91 Å². The van der Waals surface area contributed by atoms with Gasteiger partial charge in [0, 0.05) is 41.6 Å². The van der Waals surface area contributed by atoms with Crippen LogP contribution in [0.3, 0.4) is 0 Å². The minimum Gasteiger partial charge on any atom is -0.320 e. The van der Waals surface area contributed by atoms with Crippen LogP contribution in [0.4, 0.5) is 11.4 Å². The van der Waals surface area contributed by atoms with Gasteiger partial charge in [0.05, 0.1) is 4.92 Å². The zero-order chi connectivity index (χ0) is 14.5. The van der Waals surface area contributed by atoms with Crippen molar-refractivity contribution in [2.24, 2.45) is 0 Å². The molecule has 0 bridgehead atoms. The van der Waals surface area contributed by atoms with E-state index in [2.05, 4.69) is 10.6 Å². The van der Waals surface area contributed by atoms with Crippen LogP contribution >= 0.6 is 23.4 Å². The van der Waals surface area contributed by atoms with E-state index in [1.54, 1.807) is 11.8 Å². The van der Waals surface area contributed by atoms with Crippen molar-refractivity contribution in [3.63, 3.8) is 0 Å². The van der Waals surface area contributed by atoms with Crippen molar-refractivity contribution in [1.82, 2.24) is 5.32 Å². The molecule has 0 radical (unpaired) electrons. The molecule has 1 aromatic carbocycles. The van der Waals surface area contributed by atoms with Gasteiger partial charge in [-0.3, -0.25) is 14.9 Å². The van der Waals surface area contributed by atoms with Crippen LogP contribution in [0.25, 0.3) is 0 Å². The second-order valence-corrected chi connectivity index (χ2v) is 5.98. The summed E-state index contributed by atoms with van der Waals surface area (Å²) in [4.78, 5) is 22.3. The van der Waals surface area contributed by atoms with Crippen molar-refractivity contribution < 1.29 is 9.72 Å². The number of hydrogen-bond donors (Lipinski definition) is 2. The van der Waals surface area contributed by atoms with Crippen LogP contribution in [0.2, 0.25) is 5.02 Å². The van der Waals surface area contributed by atoms with E-state index in [4.69, 9.17) is 11.6 Å². The van der Waals surface area contributed by atoms with Crippen molar-refractivity contribution in [3.8, 4) is 0 Å². The predicted octanol–water partition coefficient (Wildman–Crippen LogP) is 2.28. The molecule has 1 amide bonds. The molecule has 6 nitrogen and oxygen atoms in total. The molecule has 1 aliphatic heterocycles. The van der Waals surface area contributed by atoms with E-state index in [1.165, 1.54) is 18.2 Å². The highest BCUT2D eigenvalue weighted by molar-refractivity contribution is 7.99. The van der Waals surface area contributed by atoms with Crippen LogP contribution < -0.4 is 10.6 Å². The van der Waals surface area contributed by atoms with E-state index in [0.29, 0.717) is 5.02 Å². The summed E-state index contributed by atoms with van der Waals surface area (Å²) < 4.78 is 0. The fourth-order valence-corrected chi connectivity index (χ4v) is 3.06. The highest BCUT2D eigenvalue weighted by atomic mass is 35.5. The molecule has 0 aromatic heterocycles. The lowest BCUT2D eigenvalue weighted by Gasteiger charge is -2.22. The number of rotatable bonds is 4. The molecular weight excluding hydrogens is 302 g/mol. The minimum absolute atomic E-state index is 0.104. The van der Waals surface area contributed by atoms with Gasteiger partial charge in [-0.2, -0.15) is 11.8 Å². The van der Waals surface area contributed by atoms with Gasteiger partial charge in [-0.05, 0) is 12.1 Å². The topological polar surface area (TPSA) is 84.3 Å². The minimum atomic E-state index is -0.541. The smallest absolute Gasteiger partial charge is 0.292 e. The lowest BCUT2D eigenvalue weighted by Crippen LogP contribution is -2.39. The van der Waals surface area contributed by atoms with Crippen molar-refractivity contribution in [1.29, 1.82) is 0 Å². The monoisotopic (exact) mass is 315 g/mol. The average Bonchev–Trinajstić information content (AvgIpc) is 2.39. The second kappa shape index (κ2) is 6.92. The second-order valence-electron chi connectivity index (χ2n) is 4.40. The number of carbonyl (C=O) groups excluding carboxylic acids is 1. The first-order valence-electron chi connectivity index (χ1n) is 6.11. The molecule has 8 heteroatoms. The number of anilines is 1. The number of hydrogen-bond acceptors (Lipinski definition) is 5. The molecule has 2 rings (SSSR count). The number of benzene rings is 1. The summed E-state index contributed by atoms with van der Waals surface area (Å²) >= 11 is 7.60. The van der Waals surface area contributed by atoms with Gasteiger partial charge in [0.15, 0.2) is 0 Å². The maximum atomic E-state index is 11.9. The number of halogens is 1. The van der Waals surface area contributed by atoms with Crippen LogP contribution in [0.1, 0.15) is 6.42 Å². The van der Waals surface area contributed by atoms with Gasteiger partial charge in [-0.1, -0.05) is 11.6 Å². The summed E-state index contributed by atoms with van der Waals surface area (Å²) in [6, 6.07) is 4.20. The molecule has 0 spiro atoms. The summed E-state index contributed by atoms with van der Waals surface area (Å²) in [5.74, 6) is 1.65. The lowest BCUT2D eigenvalue weighted by molar-refractivity contribution is -0.383. The van der Waals surface area contributed by atoms with E-state index in [-0.39, 0.29) is 29.7 Å². The third-order valence-electron chi connectivity index (χ3n) is 2.86. The maximum Gasteiger partial charge on any atom is 0.292 e. The fraction of sp³-hybridized carbons (Fsp3) is 0.417. The summed E-state index contributed by atoms with van der Waals surface area (Å²) in [5, 5.41) is 17.1. The van der Waals surface area contributed by atoms with Crippen molar-refractivity contribution >= 4 is 40.6 Å². The van der Waals surface area contributed by atoms with Gasteiger partial charge in [0.25, 0.3) is 5.69 Å². The number of amides is 1. The van der Waals surface area contributed by atoms with E-state index in [1.807, 2.05) is 0 Å². The van der Waals surface area contributed by atoms with Gasteiger partial charge in [-0.25, -0.2) is 0 Å². The third-order valence-corrected chi connectivity index (χ3v) is 4.23. The van der Waals surface area contributed by atoms with E-state index < -0.39 is 4.92 Å².